The minimum atomic E-state index is -0.436. The van der Waals surface area contributed by atoms with Gasteiger partial charge in [-0.25, -0.2) is 0 Å². The Balaban J connectivity index is 2.36. The lowest BCUT2D eigenvalue weighted by atomic mass is 10.2. The van der Waals surface area contributed by atoms with Crippen molar-refractivity contribution in [2.45, 2.75) is 26.3 Å². The molecule has 2 N–H and O–H groups in total. The number of H-pyrrole nitrogens is 1. The van der Waals surface area contributed by atoms with Crippen LogP contribution < -0.4 is 5.56 Å². The number of aromatic hydroxyl groups is 1. The molecule has 0 aliphatic carbocycles. The molecular weight excluding hydrogens is 292 g/mol. The van der Waals surface area contributed by atoms with Crippen LogP contribution in [0.15, 0.2) is 9.90 Å². The van der Waals surface area contributed by atoms with Gasteiger partial charge in [-0.3, -0.25) is 19.4 Å². The number of aromatic amines is 1. The number of hydrogen-bond acceptors (Lipinski definition) is 6. The zero-order valence-corrected chi connectivity index (χ0v) is 13.0. The summed E-state index contributed by atoms with van der Waals surface area (Å²) in [5, 5.41) is 16.4. The molecule has 0 spiro atoms. The zero-order chi connectivity index (χ0) is 15.4. The average Bonchev–Trinajstić information content (AvgIpc) is 2.47. The summed E-state index contributed by atoms with van der Waals surface area (Å²) in [6.07, 6.45) is 2.17. The Morgan fingerprint density at radius 2 is 2.19 bits per heavy atom. The van der Waals surface area contributed by atoms with Gasteiger partial charge in [0.25, 0.3) is 5.56 Å². The van der Waals surface area contributed by atoms with E-state index in [0.717, 1.165) is 6.42 Å². The van der Waals surface area contributed by atoms with Crippen molar-refractivity contribution in [3.63, 3.8) is 0 Å². The second-order valence-corrected chi connectivity index (χ2v) is 5.32. The molecule has 0 radical (unpaired) electrons. The molecular formula is C13H20N4O3S. The third-order valence-corrected chi connectivity index (χ3v) is 3.82. The van der Waals surface area contributed by atoms with Crippen molar-refractivity contribution in [3.05, 3.63) is 20.7 Å². The zero-order valence-electron chi connectivity index (χ0n) is 12.2. The van der Waals surface area contributed by atoms with Crippen LogP contribution in [0.2, 0.25) is 0 Å². The fourth-order valence-corrected chi connectivity index (χ4v) is 2.43. The summed E-state index contributed by atoms with van der Waals surface area (Å²) in [5.74, 6) is -0.143. The molecule has 2 heterocycles. The Morgan fingerprint density at radius 1 is 1.52 bits per heavy atom. The van der Waals surface area contributed by atoms with Crippen LogP contribution in [0.4, 0.5) is 0 Å². The van der Waals surface area contributed by atoms with E-state index < -0.39 is 5.56 Å². The monoisotopic (exact) mass is 312 g/mol. The van der Waals surface area contributed by atoms with Gasteiger partial charge >= 0.3 is 0 Å². The van der Waals surface area contributed by atoms with Gasteiger partial charge in [0.1, 0.15) is 5.56 Å². The molecule has 0 aromatic carbocycles. The van der Waals surface area contributed by atoms with Gasteiger partial charge in [-0.15, -0.1) is 0 Å². The van der Waals surface area contributed by atoms with E-state index in [1.54, 1.807) is 5.01 Å². The predicted octanol–water partition coefficient (Wildman–Crippen LogP) is 1.25. The molecule has 0 bridgehead atoms. The minimum absolute atomic E-state index is 0.00936. The van der Waals surface area contributed by atoms with Crippen molar-refractivity contribution in [3.8, 4) is 5.88 Å². The van der Waals surface area contributed by atoms with Gasteiger partial charge < -0.3 is 9.84 Å². The van der Waals surface area contributed by atoms with Crippen LogP contribution in [0.5, 0.6) is 5.88 Å². The predicted molar refractivity (Wildman–Crippen MR) is 82.5 cm³/mol. The summed E-state index contributed by atoms with van der Waals surface area (Å²) in [4.78, 5) is 14.5. The number of morpholine rings is 1. The van der Waals surface area contributed by atoms with Crippen molar-refractivity contribution in [2.24, 2.45) is 5.10 Å². The SMILES string of the molecule is CC[C@@H](C)n1c(O)c(C=NN2CCOCC2)c(=O)[nH]c1=S. The van der Waals surface area contributed by atoms with Crippen LogP contribution in [0, 0.1) is 4.77 Å². The highest BCUT2D eigenvalue weighted by Crippen LogP contribution is 2.20. The molecule has 21 heavy (non-hydrogen) atoms. The van der Waals surface area contributed by atoms with E-state index in [0.29, 0.717) is 26.3 Å². The molecule has 1 aromatic heterocycles. The van der Waals surface area contributed by atoms with Gasteiger partial charge in [0.15, 0.2) is 4.77 Å². The van der Waals surface area contributed by atoms with Crippen LogP contribution >= 0.6 is 12.2 Å². The Labute approximate surface area is 127 Å². The number of ether oxygens (including phenoxy) is 1. The largest absolute Gasteiger partial charge is 0.494 e. The molecule has 0 amide bonds. The number of hydrazone groups is 1. The maximum atomic E-state index is 12.0. The highest BCUT2D eigenvalue weighted by atomic mass is 32.1. The van der Waals surface area contributed by atoms with Gasteiger partial charge in [-0.1, -0.05) is 6.92 Å². The van der Waals surface area contributed by atoms with Crippen LogP contribution in [-0.4, -0.2) is 52.2 Å². The topological polar surface area (TPSA) is 82.8 Å². The Bertz CT molecular complexity index is 631. The van der Waals surface area contributed by atoms with Crippen molar-refractivity contribution in [1.82, 2.24) is 14.6 Å². The average molecular weight is 312 g/mol. The molecule has 1 aromatic rings. The van der Waals surface area contributed by atoms with Crippen LogP contribution in [0.3, 0.4) is 0 Å². The molecule has 8 heteroatoms. The summed E-state index contributed by atoms with van der Waals surface area (Å²) < 4.78 is 6.99. The number of aromatic nitrogens is 2. The summed E-state index contributed by atoms with van der Waals surface area (Å²) in [5.41, 5.74) is -0.315. The summed E-state index contributed by atoms with van der Waals surface area (Å²) >= 11 is 5.11. The second-order valence-electron chi connectivity index (χ2n) is 4.93. The standard InChI is InChI=1S/C13H20N4O3S/c1-3-9(2)17-12(19)10(11(18)15-13(17)21)8-14-16-4-6-20-7-5-16/h8-9,19H,3-7H2,1-2H3,(H,15,18,21)/t9-/m1/s1. The fraction of sp³-hybridized carbons (Fsp3) is 0.615. The van der Waals surface area contributed by atoms with Crippen molar-refractivity contribution < 1.29 is 9.84 Å². The van der Waals surface area contributed by atoms with Gasteiger partial charge in [0, 0.05) is 6.04 Å². The van der Waals surface area contributed by atoms with Crippen molar-refractivity contribution in [1.29, 1.82) is 0 Å². The first kappa shape index (κ1) is 15.7. The van der Waals surface area contributed by atoms with Crippen LogP contribution in [0.1, 0.15) is 31.9 Å². The maximum Gasteiger partial charge on any atom is 0.264 e. The van der Waals surface area contributed by atoms with E-state index in [4.69, 9.17) is 17.0 Å². The molecule has 1 aliphatic rings. The smallest absolute Gasteiger partial charge is 0.264 e. The lowest BCUT2D eigenvalue weighted by Gasteiger charge is -2.23. The molecule has 1 aliphatic heterocycles. The van der Waals surface area contributed by atoms with Crippen LogP contribution in [0.25, 0.3) is 0 Å². The van der Waals surface area contributed by atoms with Crippen molar-refractivity contribution in [2.75, 3.05) is 26.3 Å². The summed E-state index contributed by atoms with van der Waals surface area (Å²) in [7, 11) is 0. The third kappa shape index (κ3) is 3.51. The maximum absolute atomic E-state index is 12.0. The van der Waals surface area contributed by atoms with Gasteiger partial charge in [-0.05, 0) is 25.6 Å². The molecule has 1 atom stereocenters. The first-order chi connectivity index (χ1) is 10.0. The van der Waals surface area contributed by atoms with Gasteiger partial charge in [0.05, 0.1) is 32.5 Å². The number of hydrogen-bond donors (Lipinski definition) is 2. The Morgan fingerprint density at radius 3 is 2.81 bits per heavy atom. The molecule has 0 saturated carbocycles. The first-order valence-electron chi connectivity index (χ1n) is 6.99. The fourth-order valence-electron chi connectivity index (χ4n) is 2.07. The second kappa shape index (κ2) is 6.86. The third-order valence-electron chi connectivity index (χ3n) is 3.52. The van der Waals surface area contributed by atoms with E-state index in [1.165, 1.54) is 10.8 Å². The lowest BCUT2D eigenvalue weighted by molar-refractivity contribution is 0.0396. The quantitative estimate of drug-likeness (QED) is 0.646. The van der Waals surface area contributed by atoms with Gasteiger partial charge in [-0.2, -0.15) is 5.10 Å². The number of nitrogens with one attached hydrogen (secondary N) is 1. The van der Waals surface area contributed by atoms with Gasteiger partial charge in [0.2, 0.25) is 5.88 Å². The summed E-state index contributed by atoms with van der Waals surface area (Å²) in [6, 6.07) is -0.00936. The molecule has 7 nitrogen and oxygen atoms in total. The number of nitrogens with zero attached hydrogens (tertiary/aromatic N) is 3. The van der Waals surface area contributed by atoms with E-state index >= 15 is 0 Å². The van der Waals surface area contributed by atoms with Crippen molar-refractivity contribution >= 4 is 18.4 Å². The van der Waals surface area contributed by atoms with Crippen LogP contribution in [-0.2, 0) is 4.74 Å². The highest BCUT2D eigenvalue weighted by molar-refractivity contribution is 7.71. The summed E-state index contributed by atoms with van der Waals surface area (Å²) in [6.45, 7) is 6.46. The molecule has 1 fully saturated rings. The molecule has 116 valence electrons. The normalized spacial score (nSPS) is 17.3. The van der Waals surface area contributed by atoms with E-state index in [-0.39, 0.29) is 22.3 Å². The van der Waals surface area contributed by atoms with E-state index in [9.17, 15) is 9.90 Å². The Kier molecular flexibility index (Phi) is 5.13. The molecule has 1 saturated heterocycles. The lowest BCUT2D eigenvalue weighted by Crippen LogP contribution is -2.32. The molecule has 0 unspecified atom stereocenters. The van der Waals surface area contributed by atoms with E-state index in [2.05, 4.69) is 10.1 Å². The van der Waals surface area contributed by atoms with E-state index in [1.807, 2.05) is 13.8 Å². The first-order valence-corrected chi connectivity index (χ1v) is 7.39. The minimum Gasteiger partial charge on any atom is -0.494 e. The highest BCUT2D eigenvalue weighted by Gasteiger charge is 2.15. The Hall–Kier alpha value is -1.67. The number of rotatable bonds is 4. The molecule has 2 rings (SSSR count).